The maximum Gasteiger partial charge on any atom is 0.328 e. The number of benzene rings is 1. The predicted octanol–water partition coefficient (Wildman–Crippen LogP) is 3.03. The van der Waals surface area contributed by atoms with Crippen LogP contribution >= 0.6 is 23.2 Å². The lowest BCUT2D eigenvalue weighted by atomic mass is 9.91. The van der Waals surface area contributed by atoms with Crippen LogP contribution < -0.4 is 15.8 Å². The van der Waals surface area contributed by atoms with Crippen molar-refractivity contribution in [2.24, 2.45) is 5.92 Å². The Balaban J connectivity index is 1.84. The Kier molecular flexibility index (Phi) is 10.0. The van der Waals surface area contributed by atoms with Gasteiger partial charge in [0, 0.05) is 25.5 Å². The lowest BCUT2D eigenvalue weighted by Crippen LogP contribution is -2.56. The number of aromatic amines is 1. The summed E-state index contributed by atoms with van der Waals surface area (Å²) in [5.74, 6) is -0.230. The second kappa shape index (κ2) is 12.8. The van der Waals surface area contributed by atoms with E-state index in [-0.39, 0.29) is 39.6 Å². The molecule has 0 unspecified atom stereocenters. The average Bonchev–Trinajstić information content (AvgIpc) is 3.37. The van der Waals surface area contributed by atoms with E-state index in [0.717, 1.165) is 0 Å². The van der Waals surface area contributed by atoms with Gasteiger partial charge in [0.1, 0.15) is 12.1 Å². The smallest absolute Gasteiger partial charge is 0.328 e. The summed E-state index contributed by atoms with van der Waals surface area (Å²) in [7, 11) is -4.22. The van der Waals surface area contributed by atoms with Gasteiger partial charge in [-0.2, -0.15) is 4.72 Å². The van der Waals surface area contributed by atoms with E-state index < -0.39 is 34.0 Å². The minimum absolute atomic E-state index is 0.0224. The van der Waals surface area contributed by atoms with E-state index in [1.54, 1.807) is 19.3 Å². The molecule has 1 aliphatic rings. The molecule has 1 aliphatic heterocycles. The number of hydrogen-bond donors (Lipinski definition) is 4. The van der Waals surface area contributed by atoms with Gasteiger partial charge in [-0.25, -0.2) is 18.2 Å². The molecule has 1 aromatic heterocycles. The molecular formula is C23H32Cl2N6O5S. The van der Waals surface area contributed by atoms with Crippen LogP contribution in [0.1, 0.15) is 39.5 Å². The number of esters is 1. The van der Waals surface area contributed by atoms with E-state index in [2.05, 4.69) is 20.0 Å². The Morgan fingerprint density at radius 2 is 2.03 bits per heavy atom. The highest BCUT2D eigenvalue weighted by atomic mass is 35.5. The van der Waals surface area contributed by atoms with Crippen molar-refractivity contribution in [1.82, 2.24) is 19.6 Å². The van der Waals surface area contributed by atoms with Crippen molar-refractivity contribution in [2.75, 3.05) is 30.7 Å². The quantitative estimate of drug-likeness (QED) is 0.181. The van der Waals surface area contributed by atoms with Gasteiger partial charge in [0.25, 0.3) is 0 Å². The second-order valence-electron chi connectivity index (χ2n) is 8.91. The zero-order chi connectivity index (χ0) is 27.2. The van der Waals surface area contributed by atoms with Crippen molar-refractivity contribution in [1.29, 1.82) is 0 Å². The van der Waals surface area contributed by atoms with Crippen LogP contribution in [0.4, 0.5) is 11.6 Å². The van der Waals surface area contributed by atoms with E-state index in [1.807, 2.05) is 6.92 Å². The summed E-state index contributed by atoms with van der Waals surface area (Å²) < 4.78 is 34.2. The Bertz CT molecular complexity index is 1170. The summed E-state index contributed by atoms with van der Waals surface area (Å²) in [5, 5.41) is 3.03. The van der Waals surface area contributed by atoms with Crippen molar-refractivity contribution in [3.8, 4) is 0 Å². The summed E-state index contributed by atoms with van der Waals surface area (Å²) in [6.07, 6.45) is 4.97. The zero-order valence-electron chi connectivity index (χ0n) is 20.7. The van der Waals surface area contributed by atoms with Gasteiger partial charge < -0.3 is 25.7 Å². The van der Waals surface area contributed by atoms with Gasteiger partial charge in [0.15, 0.2) is 5.95 Å². The van der Waals surface area contributed by atoms with Crippen molar-refractivity contribution in [3.63, 3.8) is 0 Å². The third kappa shape index (κ3) is 7.50. The minimum atomic E-state index is -4.22. The zero-order valence-corrected chi connectivity index (χ0v) is 23.0. The highest BCUT2D eigenvalue weighted by molar-refractivity contribution is 7.89. The number of rotatable bonds is 11. The van der Waals surface area contributed by atoms with Crippen molar-refractivity contribution >= 4 is 56.7 Å². The maximum absolute atomic E-state index is 13.7. The maximum atomic E-state index is 13.7. The summed E-state index contributed by atoms with van der Waals surface area (Å²) >= 11 is 12.1. The number of nitrogen functional groups attached to an aromatic ring is 1. The fourth-order valence-electron chi connectivity index (χ4n) is 4.15. The molecule has 3 atom stereocenters. The summed E-state index contributed by atoms with van der Waals surface area (Å²) in [5.41, 5.74) is 5.80. The number of anilines is 2. The number of nitrogens with zero attached hydrogens (tertiary/aromatic N) is 2. The molecule has 204 valence electrons. The molecule has 2 heterocycles. The number of sulfonamides is 1. The second-order valence-corrected chi connectivity index (χ2v) is 11.4. The predicted molar refractivity (Wildman–Crippen MR) is 142 cm³/mol. The number of amides is 1. The summed E-state index contributed by atoms with van der Waals surface area (Å²) in [6, 6.07) is 0.415. The molecule has 0 spiro atoms. The van der Waals surface area contributed by atoms with Gasteiger partial charge in [-0.05, 0) is 50.7 Å². The molecule has 14 heteroatoms. The van der Waals surface area contributed by atoms with Crippen LogP contribution in [0.3, 0.4) is 0 Å². The Morgan fingerprint density at radius 3 is 2.65 bits per heavy atom. The molecule has 11 nitrogen and oxygen atoms in total. The molecule has 1 fully saturated rings. The fraction of sp³-hybridized carbons (Fsp3) is 0.522. The topological polar surface area (TPSA) is 160 Å². The first-order valence-electron chi connectivity index (χ1n) is 12.0. The largest absolute Gasteiger partial charge is 0.464 e. The number of H-pyrrole nitrogens is 1. The molecule has 1 amide bonds. The number of likely N-dealkylation sites (tertiary alicyclic amines) is 1. The van der Waals surface area contributed by atoms with Crippen LogP contribution in [-0.2, 0) is 24.3 Å². The van der Waals surface area contributed by atoms with E-state index in [4.69, 9.17) is 33.7 Å². The molecule has 5 N–H and O–H groups in total. The van der Waals surface area contributed by atoms with Gasteiger partial charge in [-0.1, -0.05) is 30.1 Å². The number of hydrogen-bond acceptors (Lipinski definition) is 8. The molecule has 1 saturated heterocycles. The molecule has 1 aromatic carbocycles. The molecule has 3 rings (SSSR count). The van der Waals surface area contributed by atoms with E-state index in [9.17, 15) is 18.0 Å². The monoisotopic (exact) mass is 574 g/mol. The Labute approximate surface area is 226 Å². The van der Waals surface area contributed by atoms with Gasteiger partial charge in [-0.15, -0.1) is 0 Å². The molecule has 37 heavy (non-hydrogen) atoms. The highest BCUT2D eigenvalue weighted by Crippen LogP contribution is 2.31. The first kappa shape index (κ1) is 29.0. The normalized spacial score (nSPS) is 18.9. The summed E-state index contributed by atoms with van der Waals surface area (Å²) in [6.45, 7) is 4.62. The standard InChI is InChI=1S/C23H32Cl2N6O5S/c1-3-36-22(33)19-11-14(2)6-10-31(19)21(32)18(5-4-7-27-23-28-8-9-29-23)30-37(34,35)15-12-16(24)20(26)17(25)13-15/h8-9,12-14,18-19,30H,3-7,10-11,26H2,1-2H3,(H2,27,28,29)/t14-,18+,19-/m1/s1. The first-order chi connectivity index (χ1) is 17.5. The number of ether oxygens (including phenoxy) is 1. The lowest BCUT2D eigenvalue weighted by Gasteiger charge is -2.38. The van der Waals surface area contributed by atoms with Crippen LogP contribution in [0.15, 0.2) is 29.4 Å². The van der Waals surface area contributed by atoms with E-state index in [1.165, 1.54) is 17.0 Å². The van der Waals surface area contributed by atoms with Crippen LogP contribution in [0.5, 0.6) is 0 Å². The number of piperidine rings is 1. The highest BCUT2D eigenvalue weighted by Gasteiger charge is 2.39. The third-order valence-electron chi connectivity index (χ3n) is 6.13. The van der Waals surface area contributed by atoms with Crippen LogP contribution in [0, 0.1) is 5.92 Å². The van der Waals surface area contributed by atoms with Crippen LogP contribution in [-0.4, -0.2) is 66.9 Å². The van der Waals surface area contributed by atoms with Crippen molar-refractivity contribution in [3.05, 3.63) is 34.6 Å². The van der Waals surface area contributed by atoms with Gasteiger partial charge in [0.2, 0.25) is 15.9 Å². The molecular weight excluding hydrogens is 543 g/mol. The SMILES string of the molecule is CCOC(=O)[C@H]1C[C@H](C)CCN1C(=O)[C@H](CCCNc1ncc[nH]1)NS(=O)(=O)c1cc(Cl)c(N)c(Cl)c1. The van der Waals surface area contributed by atoms with Gasteiger partial charge >= 0.3 is 5.97 Å². The number of imidazole rings is 1. The first-order valence-corrected chi connectivity index (χ1v) is 14.2. The van der Waals surface area contributed by atoms with Gasteiger partial charge in [0.05, 0.1) is 27.2 Å². The van der Waals surface area contributed by atoms with E-state index in [0.29, 0.717) is 38.3 Å². The van der Waals surface area contributed by atoms with Crippen LogP contribution in [0.25, 0.3) is 0 Å². The van der Waals surface area contributed by atoms with E-state index >= 15 is 0 Å². The molecule has 0 radical (unpaired) electrons. The number of halogens is 2. The third-order valence-corrected chi connectivity index (χ3v) is 8.20. The number of nitrogens with two attached hydrogens (primary N) is 1. The van der Waals surface area contributed by atoms with Gasteiger partial charge in [-0.3, -0.25) is 4.79 Å². The molecule has 0 aliphatic carbocycles. The Morgan fingerprint density at radius 1 is 1.32 bits per heavy atom. The Hall–Kier alpha value is -2.54. The average molecular weight is 576 g/mol. The summed E-state index contributed by atoms with van der Waals surface area (Å²) in [4.78, 5) is 34.6. The number of carbonyl (C=O) groups excluding carboxylic acids is 2. The minimum Gasteiger partial charge on any atom is -0.464 e. The number of nitrogens with one attached hydrogen (secondary N) is 3. The number of carbonyl (C=O) groups is 2. The molecule has 0 saturated carbocycles. The lowest BCUT2D eigenvalue weighted by molar-refractivity contribution is -0.158. The molecule has 2 aromatic rings. The fourth-order valence-corrected chi connectivity index (χ4v) is 6.04. The number of aromatic nitrogens is 2. The van der Waals surface area contributed by atoms with Crippen molar-refractivity contribution < 1.29 is 22.7 Å². The molecule has 0 bridgehead atoms. The van der Waals surface area contributed by atoms with Crippen LogP contribution in [0.2, 0.25) is 10.0 Å². The van der Waals surface area contributed by atoms with Crippen molar-refractivity contribution in [2.45, 2.75) is 56.5 Å².